The van der Waals surface area contributed by atoms with Crippen LogP contribution in [-0.2, 0) is 19.6 Å². The van der Waals surface area contributed by atoms with Gasteiger partial charge in [0.05, 0.1) is 11.2 Å². The molecule has 0 atom stereocenters. The molecule has 0 spiro atoms. The molecule has 0 saturated carbocycles. The molecule has 3 heterocycles. The molecule has 3 aromatic heterocycles. The third kappa shape index (κ3) is 3.79. The Balaban J connectivity index is 1.63. The van der Waals surface area contributed by atoms with E-state index in [1.54, 1.807) is 29.9 Å². The predicted octanol–water partition coefficient (Wildman–Crippen LogP) is 3.68. The molecule has 0 aliphatic carbocycles. The van der Waals surface area contributed by atoms with E-state index in [4.69, 9.17) is 0 Å². The van der Waals surface area contributed by atoms with E-state index in [1.165, 1.54) is 12.1 Å². The minimum atomic E-state index is -0.260. The molecule has 4 aromatic rings. The smallest absolute Gasteiger partial charge is 0.183 e. The highest BCUT2D eigenvalue weighted by molar-refractivity contribution is 9.10. The van der Waals surface area contributed by atoms with Gasteiger partial charge in [-0.1, -0.05) is 22.0 Å². The fourth-order valence-corrected chi connectivity index (χ4v) is 3.85. The second-order valence-electron chi connectivity index (χ2n) is 5.78. The van der Waals surface area contributed by atoms with Crippen LogP contribution in [0.2, 0.25) is 0 Å². The molecular formula is C17H14BrFN6S. The summed E-state index contributed by atoms with van der Waals surface area (Å²) in [5.41, 5.74) is 4.40. The van der Waals surface area contributed by atoms with Crippen LogP contribution in [0.5, 0.6) is 0 Å². The highest BCUT2D eigenvalue weighted by atomic mass is 79.9. The number of halogens is 2. The number of thiazole rings is 1. The number of rotatable bonds is 6. The first kappa shape index (κ1) is 17.2. The highest BCUT2D eigenvalue weighted by Gasteiger charge is 2.15. The molecule has 0 saturated heterocycles. The molecule has 0 bridgehead atoms. The third-order valence-corrected chi connectivity index (χ3v) is 5.44. The van der Waals surface area contributed by atoms with Gasteiger partial charge >= 0.3 is 0 Å². The molecule has 6 nitrogen and oxygen atoms in total. The van der Waals surface area contributed by atoms with Crippen LogP contribution in [0.1, 0.15) is 16.1 Å². The molecule has 0 radical (unpaired) electrons. The first-order valence-electron chi connectivity index (χ1n) is 7.86. The number of nitrogens with zero attached hydrogens (tertiary/aromatic N) is 6. The molecule has 0 amide bonds. The Morgan fingerprint density at radius 3 is 2.96 bits per heavy atom. The molecule has 1 aromatic carbocycles. The van der Waals surface area contributed by atoms with E-state index < -0.39 is 0 Å². The van der Waals surface area contributed by atoms with Crippen molar-refractivity contribution in [2.45, 2.75) is 19.6 Å². The predicted molar refractivity (Wildman–Crippen MR) is 99.9 cm³/mol. The lowest BCUT2D eigenvalue weighted by Crippen LogP contribution is -2.23. The molecule has 132 valence electrons. The monoisotopic (exact) mass is 432 g/mol. The summed E-state index contributed by atoms with van der Waals surface area (Å²) in [6, 6.07) is 4.75. The number of hydrogen-bond donors (Lipinski definition) is 0. The molecule has 0 unspecified atom stereocenters. The van der Waals surface area contributed by atoms with Crippen LogP contribution >= 0.6 is 27.3 Å². The molecule has 0 fully saturated rings. The topological polar surface area (TPSA) is 59.2 Å². The zero-order valence-electron chi connectivity index (χ0n) is 13.6. The Kier molecular flexibility index (Phi) is 5.00. The van der Waals surface area contributed by atoms with Gasteiger partial charge in [-0.25, -0.2) is 4.39 Å². The average molecular weight is 433 g/mol. The Morgan fingerprint density at radius 2 is 2.15 bits per heavy atom. The van der Waals surface area contributed by atoms with Crippen LogP contribution < -0.4 is 0 Å². The summed E-state index contributed by atoms with van der Waals surface area (Å²) in [5.74, 6) is -0.260. The maximum absolute atomic E-state index is 13.4. The van der Waals surface area contributed by atoms with Gasteiger partial charge in [0, 0.05) is 47.6 Å². The Morgan fingerprint density at radius 1 is 1.23 bits per heavy atom. The number of benzene rings is 1. The quantitative estimate of drug-likeness (QED) is 0.464. The fraction of sp³-hybridized carbons (Fsp3) is 0.176. The molecule has 0 aliphatic rings. The molecule has 26 heavy (non-hydrogen) atoms. The minimum Gasteiger partial charge on any atom is -0.288 e. The van der Waals surface area contributed by atoms with Crippen molar-refractivity contribution in [2.75, 3.05) is 0 Å². The fourth-order valence-electron chi connectivity index (χ4n) is 2.73. The van der Waals surface area contributed by atoms with Crippen molar-refractivity contribution < 1.29 is 4.39 Å². The summed E-state index contributed by atoms with van der Waals surface area (Å²) in [4.78, 5) is 12.0. The van der Waals surface area contributed by atoms with Gasteiger partial charge in [0.15, 0.2) is 5.65 Å². The summed E-state index contributed by atoms with van der Waals surface area (Å²) in [6.07, 6.45) is 7.08. The first-order chi connectivity index (χ1) is 12.7. The normalized spacial score (nSPS) is 11.5. The SMILES string of the molecule is Fc1ccc(CN(Cc2cncs2)Cc2nccn3cnnc23)c(Br)c1. The van der Waals surface area contributed by atoms with Gasteiger partial charge in [-0.2, -0.15) is 0 Å². The molecule has 0 aliphatic heterocycles. The van der Waals surface area contributed by atoms with Crippen LogP contribution in [0.15, 0.2) is 53.1 Å². The Bertz CT molecular complexity index is 1020. The van der Waals surface area contributed by atoms with Crippen molar-refractivity contribution in [3.8, 4) is 0 Å². The van der Waals surface area contributed by atoms with Crippen molar-refractivity contribution in [2.24, 2.45) is 0 Å². The van der Waals surface area contributed by atoms with Gasteiger partial charge in [0.25, 0.3) is 0 Å². The lowest BCUT2D eigenvalue weighted by atomic mass is 10.2. The van der Waals surface area contributed by atoms with Crippen molar-refractivity contribution >= 4 is 32.9 Å². The maximum atomic E-state index is 13.4. The maximum Gasteiger partial charge on any atom is 0.183 e. The first-order valence-corrected chi connectivity index (χ1v) is 9.53. The van der Waals surface area contributed by atoms with Gasteiger partial charge in [0.1, 0.15) is 12.1 Å². The largest absolute Gasteiger partial charge is 0.288 e. The third-order valence-electron chi connectivity index (χ3n) is 3.93. The molecule has 9 heteroatoms. The van der Waals surface area contributed by atoms with Gasteiger partial charge in [-0.3, -0.25) is 19.3 Å². The van der Waals surface area contributed by atoms with E-state index in [0.717, 1.165) is 26.3 Å². The number of fused-ring (bicyclic) bond motifs is 1. The van der Waals surface area contributed by atoms with Crippen molar-refractivity contribution in [1.29, 1.82) is 0 Å². The number of aromatic nitrogens is 5. The van der Waals surface area contributed by atoms with E-state index in [2.05, 4.69) is 41.0 Å². The number of hydrogen-bond acceptors (Lipinski definition) is 6. The lowest BCUT2D eigenvalue weighted by Gasteiger charge is -2.22. The van der Waals surface area contributed by atoms with Crippen LogP contribution in [0.3, 0.4) is 0 Å². The standard InChI is InChI=1S/C17H14BrFN6S/c18-15-5-13(19)2-1-12(15)7-24(8-14-6-20-11-26-14)9-16-17-23-22-10-25(17)4-3-21-16/h1-6,10-11H,7-9H2. The second-order valence-corrected chi connectivity index (χ2v) is 7.61. The Labute approximate surface area is 161 Å². The summed E-state index contributed by atoms with van der Waals surface area (Å²) in [6.45, 7) is 1.94. The second kappa shape index (κ2) is 7.56. The van der Waals surface area contributed by atoms with Gasteiger partial charge in [-0.05, 0) is 17.7 Å². The highest BCUT2D eigenvalue weighted by Crippen LogP contribution is 2.22. The van der Waals surface area contributed by atoms with Gasteiger partial charge in [0.2, 0.25) is 0 Å². The minimum absolute atomic E-state index is 0.260. The van der Waals surface area contributed by atoms with Crippen molar-refractivity contribution in [3.05, 3.63) is 75.1 Å². The van der Waals surface area contributed by atoms with Crippen LogP contribution in [0, 0.1) is 5.82 Å². The van der Waals surface area contributed by atoms with Crippen LogP contribution in [0.4, 0.5) is 4.39 Å². The summed E-state index contributed by atoms with van der Waals surface area (Å²) >= 11 is 5.06. The molecule has 0 N–H and O–H groups in total. The van der Waals surface area contributed by atoms with E-state index in [9.17, 15) is 4.39 Å². The van der Waals surface area contributed by atoms with Crippen molar-refractivity contribution in [3.63, 3.8) is 0 Å². The summed E-state index contributed by atoms with van der Waals surface area (Å²) < 4.78 is 16.0. The van der Waals surface area contributed by atoms with Crippen LogP contribution in [0.25, 0.3) is 5.65 Å². The van der Waals surface area contributed by atoms with E-state index in [0.29, 0.717) is 19.6 Å². The average Bonchev–Trinajstić information content (AvgIpc) is 3.29. The van der Waals surface area contributed by atoms with Gasteiger partial charge in [-0.15, -0.1) is 21.5 Å². The molecular weight excluding hydrogens is 419 g/mol. The van der Waals surface area contributed by atoms with E-state index >= 15 is 0 Å². The van der Waals surface area contributed by atoms with E-state index in [1.807, 2.05) is 22.3 Å². The molecule has 4 rings (SSSR count). The van der Waals surface area contributed by atoms with E-state index in [-0.39, 0.29) is 5.82 Å². The lowest BCUT2D eigenvalue weighted by molar-refractivity contribution is 0.247. The van der Waals surface area contributed by atoms with Gasteiger partial charge < -0.3 is 0 Å². The van der Waals surface area contributed by atoms with Crippen LogP contribution in [-0.4, -0.2) is 29.5 Å². The summed E-state index contributed by atoms with van der Waals surface area (Å²) in [5, 5.41) is 8.11. The zero-order chi connectivity index (χ0) is 17.9. The van der Waals surface area contributed by atoms with Crippen molar-refractivity contribution in [1.82, 2.24) is 29.5 Å². The zero-order valence-corrected chi connectivity index (χ0v) is 16.0. The Hall–Kier alpha value is -2.23. The summed E-state index contributed by atoms with van der Waals surface area (Å²) in [7, 11) is 0.